The van der Waals surface area contributed by atoms with Crippen LogP contribution in [0, 0.1) is 5.92 Å². The second-order valence-corrected chi connectivity index (χ2v) is 10.9. The molecule has 0 spiro atoms. The van der Waals surface area contributed by atoms with Crippen molar-refractivity contribution in [2.75, 3.05) is 44.3 Å². The van der Waals surface area contributed by atoms with E-state index in [1.807, 2.05) is 55.1 Å². The number of carbonyl (C=O) groups is 3. The van der Waals surface area contributed by atoms with E-state index in [1.165, 1.54) is 5.06 Å². The molecule has 40 heavy (non-hydrogen) atoms. The fourth-order valence-corrected chi connectivity index (χ4v) is 6.37. The molecule has 2 aromatic carbocycles. The Morgan fingerprint density at radius 1 is 1.12 bits per heavy atom. The van der Waals surface area contributed by atoms with Crippen LogP contribution in [0.2, 0.25) is 0 Å². The van der Waals surface area contributed by atoms with Crippen molar-refractivity contribution in [1.82, 2.24) is 9.96 Å². The van der Waals surface area contributed by atoms with Gasteiger partial charge in [-0.05, 0) is 48.1 Å². The van der Waals surface area contributed by atoms with Crippen LogP contribution in [0.5, 0.6) is 5.75 Å². The van der Waals surface area contributed by atoms with Gasteiger partial charge in [-0.15, -0.1) is 0 Å². The number of likely N-dealkylation sites (tertiary alicyclic amines) is 1. The molecule has 9 nitrogen and oxygen atoms in total. The van der Waals surface area contributed by atoms with Crippen LogP contribution in [0.3, 0.4) is 0 Å². The van der Waals surface area contributed by atoms with Crippen molar-refractivity contribution in [2.45, 2.75) is 57.9 Å². The molecule has 3 aliphatic heterocycles. The Labute approximate surface area is 235 Å². The molecule has 3 aliphatic rings. The number of benzene rings is 2. The van der Waals surface area contributed by atoms with Gasteiger partial charge >= 0.3 is 5.97 Å². The SMILES string of the molecule is CCCON(CCC)C(=O)CN1C[C@H](c2ccc3c(c2)CCO3)[C@@H](C(=O)O)[C@@H]1CCN1C(=O)Cc2ccccc21. The number of amides is 2. The highest BCUT2D eigenvalue weighted by Crippen LogP contribution is 2.41. The van der Waals surface area contributed by atoms with Gasteiger partial charge < -0.3 is 14.7 Å². The molecule has 1 N–H and O–H groups in total. The van der Waals surface area contributed by atoms with Crippen molar-refractivity contribution in [3.05, 3.63) is 59.2 Å². The highest BCUT2D eigenvalue weighted by atomic mass is 16.7. The molecule has 0 radical (unpaired) electrons. The topological polar surface area (TPSA) is 99.6 Å². The minimum Gasteiger partial charge on any atom is -0.493 e. The van der Waals surface area contributed by atoms with Crippen LogP contribution in [-0.2, 0) is 32.1 Å². The number of para-hydroxylation sites is 1. The summed E-state index contributed by atoms with van der Waals surface area (Å²) in [6.45, 7) is 6.44. The molecule has 0 aliphatic carbocycles. The van der Waals surface area contributed by atoms with Crippen LogP contribution >= 0.6 is 0 Å². The first-order valence-electron chi connectivity index (χ1n) is 14.4. The minimum absolute atomic E-state index is 0.0194. The molecule has 214 valence electrons. The lowest BCUT2D eigenvalue weighted by atomic mass is 9.83. The Hall–Kier alpha value is -3.43. The van der Waals surface area contributed by atoms with E-state index in [2.05, 4.69) is 6.07 Å². The monoisotopic (exact) mass is 549 g/mol. The average molecular weight is 550 g/mol. The summed E-state index contributed by atoms with van der Waals surface area (Å²) >= 11 is 0. The maximum absolute atomic E-state index is 13.4. The number of carbonyl (C=O) groups excluding carboxylic acids is 2. The second-order valence-electron chi connectivity index (χ2n) is 10.9. The molecule has 9 heteroatoms. The Morgan fingerprint density at radius 2 is 1.95 bits per heavy atom. The van der Waals surface area contributed by atoms with E-state index in [9.17, 15) is 19.5 Å². The molecule has 0 bridgehead atoms. The molecule has 3 atom stereocenters. The minimum atomic E-state index is -0.887. The molecule has 3 heterocycles. The number of anilines is 1. The zero-order valence-electron chi connectivity index (χ0n) is 23.4. The lowest BCUT2D eigenvalue weighted by molar-refractivity contribution is -0.188. The third-order valence-electron chi connectivity index (χ3n) is 8.24. The van der Waals surface area contributed by atoms with Gasteiger partial charge in [0.2, 0.25) is 5.91 Å². The third kappa shape index (κ3) is 5.71. The summed E-state index contributed by atoms with van der Waals surface area (Å²) in [6.07, 6.45) is 3.14. The van der Waals surface area contributed by atoms with Gasteiger partial charge in [0.25, 0.3) is 5.91 Å². The molecular weight excluding hydrogens is 510 g/mol. The highest BCUT2D eigenvalue weighted by Gasteiger charge is 2.47. The van der Waals surface area contributed by atoms with Gasteiger partial charge in [0.1, 0.15) is 5.75 Å². The average Bonchev–Trinajstić information content (AvgIpc) is 3.64. The van der Waals surface area contributed by atoms with Crippen molar-refractivity contribution in [3.8, 4) is 5.75 Å². The van der Waals surface area contributed by atoms with Crippen molar-refractivity contribution < 1.29 is 29.1 Å². The zero-order valence-corrected chi connectivity index (χ0v) is 23.4. The first kappa shape index (κ1) is 28.1. The molecule has 1 saturated heterocycles. The first-order valence-corrected chi connectivity index (χ1v) is 14.4. The number of rotatable bonds is 12. The zero-order chi connectivity index (χ0) is 28.2. The third-order valence-corrected chi connectivity index (χ3v) is 8.24. The number of hydrogen-bond donors (Lipinski definition) is 1. The maximum Gasteiger partial charge on any atom is 0.308 e. The van der Waals surface area contributed by atoms with Gasteiger partial charge in [-0.3, -0.25) is 24.1 Å². The van der Waals surface area contributed by atoms with Crippen LogP contribution < -0.4 is 9.64 Å². The molecular formula is C31H39N3O6. The Kier molecular flexibility index (Phi) is 8.71. The quantitative estimate of drug-likeness (QED) is 0.404. The molecule has 1 fully saturated rings. The number of carboxylic acids is 1. The van der Waals surface area contributed by atoms with E-state index in [0.29, 0.717) is 45.7 Å². The van der Waals surface area contributed by atoms with Gasteiger partial charge in [0, 0.05) is 43.7 Å². The van der Waals surface area contributed by atoms with E-state index in [0.717, 1.165) is 47.4 Å². The number of hydroxylamine groups is 2. The molecule has 2 aromatic rings. The number of nitrogens with zero attached hydrogens (tertiary/aromatic N) is 3. The number of ether oxygens (including phenoxy) is 1. The van der Waals surface area contributed by atoms with Crippen LogP contribution in [0.25, 0.3) is 0 Å². The van der Waals surface area contributed by atoms with Crippen LogP contribution in [0.15, 0.2) is 42.5 Å². The molecule has 0 saturated carbocycles. The predicted molar refractivity (Wildman–Crippen MR) is 150 cm³/mol. The Bertz CT molecular complexity index is 1250. The lowest BCUT2D eigenvalue weighted by Crippen LogP contribution is -2.45. The van der Waals surface area contributed by atoms with Gasteiger partial charge in [-0.2, -0.15) is 0 Å². The van der Waals surface area contributed by atoms with Gasteiger partial charge in [0.05, 0.1) is 32.1 Å². The Balaban J connectivity index is 1.42. The van der Waals surface area contributed by atoms with E-state index in [-0.39, 0.29) is 24.3 Å². The number of carboxylic acid groups (broad SMARTS) is 1. The molecule has 5 rings (SSSR count). The molecule has 0 aromatic heterocycles. The normalized spacial score (nSPS) is 21.8. The van der Waals surface area contributed by atoms with Gasteiger partial charge in [0.15, 0.2) is 0 Å². The van der Waals surface area contributed by atoms with E-state index >= 15 is 0 Å². The summed E-state index contributed by atoms with van der Waals surface area (Å²) in [5.74, 6) is -1.20. The van der Waals surface area contributed by atoms with Crippen molar-refractivity contribution in [3.63, 3.8) is 0 Å². The summed E-state index contributed by atoms with van der Waals surface area (Å²) in [5.41, 5.74) is 3.92. The van der Waals surface area contributed by atoms with Crippen LogP contribution in [0.1, 0.15) is 55.7 Å². The summed E-state index contributed by atoms with van der Waals surface area (Å²) in [6, 6.07) is 13.3. The predicted octanol–water partition coefficient (Wildman–Crippen LogP) is 3.65. The summed E-state index contributed by atoms with van der Waals surface area (Å²) in [4.78, 5) is 48.6. The lowest BCUT2D eigenvalue weighted by Gasteiger charge is -2.30. The highest BCUT2D eigenvalue weighted by molar-refractivity contribution is 6.01. The smallest absolute Gasteiger partial charge is 0.308 e. The standard InChI is InChI=1S/C31H39N3O6/c1-3-13-34(40-15-4-2)29(36)20-32-19-24(21-9-10-27-23(17-21)12-16-39-27)30(31(37)38)26(32)11-14-33-25-8-6-5-7-22(25)18-28(33)35/h5-10,17,24,26,30H,3-4,11-16,18-20H2,1-2H3,(H,37,38)/t24-,26+,30-/m1/s1. The summed E-state index contributed by atoms with van der Waals surface area (Å²) in [7, 11) is 0. The summed E-state index contributed by atoms with van der Waals surface area (Å²) in [5, 5.41) is 11.9. The number of hydrogen-bond acceptors (Lipinski definition) is 6. The van der Waals surface area contributed by atoms with Crippen molar-refractivity contribution in [1.29, 1.82) is 0 Å². The van der Waals surface area contributed by atoms with E-state index in [1.54, 1.807) is 4.90 Å². The fourth-order valence-electron chi connectivity index (χ4n) is 6.37. The van der Waals surface area contributed by atoms with Crippen LogP contribution in [-0.4, -0.2) is 78.3 Å². The maximum atomic E-state index is 13.4. The van der Waals surface area contributed by atoms with Gasteiger partial charge in [-0.25, -0.2) is 5.06 Å². The van der Waals surface area contributed by atoms with E-state index in [4.69, 9.17) is 9.57 Å². The fraction of sp³-hybridized carbons (Fsp3) is 0.516. The largest absolute Gasteiger partial charge is 0.493 e. The second kappa shape index (κ2) is 12.4. The molecule has 2 amide bonds. The van der Waals surface area contributed by atoms with Crippen molar-refractivity contribution >= 4 is 23.5 Å². The van der Waals surface area contributed by atoms with E-state index < -0.39 is 17.9 Å². The van der Waals surface area contributed by atoms with Crippen molar-refractivity contribution in [2.24, 2.45) is 5.92 Å². The van der Waals surface area contributed by atoms with Crippen LogP contribution in [0.4, 0.5) is 5.69 Å². The first-order chi connectivity index (χ1) is 19.4. The Morgan fingerprint density at radius 3 is 2.73 bits per heavy atom. The number of aliphatic carboxylic acids is 1. The number of fused-ring (bicyclic) bond motifs is 2. The summed E-state index contributed by atoms with van der Waals surface area (Å²) < 4.78 is 5.67. The van der Waals surface area contributed by atoms with Gasteiger partial charge in [-0.1, -0.05) is 44.2 Å². The molecule has 0 unspecified atom stereocenters.